The Morgan fingerprint density at radius 3 is 1.40 bits per heavy atom. The average molecular weight is 819 g/mol. The molecule has 0 spiro atoms. The van der Waals surface area contributed by atoms with Crippen LogP contribution in [-0.2, 0) is 0 Å². The van der Waals surface area contributed by atoms with Crippen molar-refractivity contribution < 1.29 is 0 Å². The predicted octanol–water partition coefficient (Wildman–Crippen LogP) is 12.6. The van der Waals surface area contributed by atoms with E-state index in [1.807, 2.05) is 0 Å². The van der Waals surface area contributed by atoms with Gasteiger partial charge in [0.05, 0.1) is 27.8 Å². The molecule has 2 heterocycles. The Bertz CT molecular complexity index is 3500. The lowest BCUT2D eigenvalue weighted by Crippen LogP contribution is -2.74. The molecule has 0 aliphatic rings. The number of rotatable bonds is 8. The zero-order valence-electron chi connectivity index (χ0n) is 34.6. The van der Waals surface area contributed by atoms with Crippen LogP contribution in [0.25, 0.3) is 77.2 Å². The van der Waals surface area contributed by atoms with E-state index in [0.29, 0.717) is 0 Å². The Morgan fingerprint density at radius 1 is 0.302 bits per heavy atom. The van der Waals surface area contributed by atoms with Gasteiger partial charge in [0.1, 0.15) is 0 Å². The summed E-state index contributed by atoms with van der Waals surface area (Å²) in [5.41, 5.74) is 11.8. The lowest BCUT2D eigenvalue weighted by Gasteiger charge is -2.35. The van der Waals surface area contributed by atoms with Crippen LogP contribution in [-0.4, -0.2) is 17.2 Å². The van der Waals surface area contributed by atoms with Crippen molar-refractivity contribution in [3.8, 4) is 33.6 Å². The van der Waals surface area contributed by atoms with Crippen molar-refractivity contribution in [2.75, 3.05) is 0 Å². The van der Waals surface area contributed by atoms with Gasteiger partial charge < -0.3 is 9.13 Å². The molecule has 0 aliphatic carbocycles. The van der Waals surface area contributed by atoms with Gasteiger partial charge in [0.2, 0.25) is 0 Å². The van der Waals surface area contributed by atoms with Gasteiger partial charge in [-0.25, -0.2) is 0 Å². The molecule has 0 radical (unpaired) electrons. The van der Waals surface area contributed by atoms with Crippen LogP contribution in [0.3, 0.4) is 0 Å². The van der Waals surface area contributed by atoms with Crippen molar-refractivity contribution in [1.82, 2.24) is 9.13 Å². The normalized spacial score (nSPS) is 11.8. The average Bonchev–Trinajstić information content (AvgIpc) is 3.90. The van der Waals surface area contributed by atoms with Crippen LogP contribution in [0.5, 0.6) is 0 Å². The fourth-order valence-corrected chi connectivity index (χ4v) is 15.4. The fraction of sp³-hybridized carbons (Fsp3) is 0. The van der Waals surface area contributed by atoms with Crippen LogP contribution in [0.2, 0.25) is 0 Å². The summed E-state index contributed by atoms with van der Waals surface area (Å²) in [6.45, 7) is 0. The quantitative estimate of drug-likeness (QED) is 0.107. The first-order valence-corrected chi connectivity index (χ1v) is 23.8. The minimum absolute atomic E-state index is 1.13. The van der Waals surface area contributed by atoms with E-state index in [-0.39, 0.29) is 0 Å². The Labute approximate surface area is 368 Å². The van der Waals surface area contributed by atoms with E-state index in [1.54, 1.807) is 0 Å². The van der Waals surface area contributed by atoms with Crippen LogP contribution >= 0.6 is 0 Å². The van der Waals surface area contributed by atoms with E-state index in [1.165, 1.54) is 86.6 Å². The van der Waals surface area contributed by atoms with E-state index in [2.05, 4.69) is 264 Å². The minimum atomic E-state index is -2.99. The number of fused-ring (bicyclic) bond motifs is 6. The molecule has 0 atom stereocenters. The molecule has 2 aromatic heterocycles. The van der Waals surface area contributed by atoms with Crippen molar-refractivity contribution >= 4 is 72.4 Å². The molecular weight excluding hydrogens is 777 g/mol. The van der Waals surface area contributed by atoms with Gasteiger partial charge in [-0.15, -0.1) is 0 Å². The number of nitrogens with zero attached hydrogens (tertiary/aromatic N) is 2. The van der Waals surface area contributed by atoms with Crippen molar-refractivity contribution in [3.63, 3.8) is 0 Å². The summed E-state index contributed by atoms with van der Waals surface area (Å²) in [4.78, 5) is 0. The lowest BCUT2D eigenvalue weighted by molar-refractivity contribution is 1.13. The molecule has 0 unspecified atom stereocenters. The molecule has 0 bridgehead atoms. The molecule has 10 aromatic carbocycles. The Balaban J connectivity index is 1.27. The second-order valence-corrected chi connectivity index (χ2v) is 20.2. The molecule has 0 aliphatic heterocycles. The van der Waals surface area contributed by atoms with Crippen molar-refractivity contribution in [3.05, 3.63) is 255 Å². The first kappa shape index (κ1) is 36.8. The summed E-state index contributed by atoms with van der Waals surface area (Å²) in [7, 11) is -2.99. The highest BCUT2D eigenvalue weighted by atomic mass is 28.3. The van der Waals surface area contributed by atoms with Gasteiger partial charge in [-0.1, -0.05) is 224 Å². The van der Waals surface area contributed by atoms with E-state index in [4.69, 9.17) is 0 Å². The Hall–Kier alpha value is -7.98. The number of benzene rings is 10. The predicted molar refractivity (Wildman–Crippen MR) is 270 cm³/mol. The van der Waals surface area contributed by atoms with Gasteiger partial charge in [0.25, 0.3) is 0 Å². The van der Waals surface area contributed by atoms with Crippen molar-refractivity contribution in [2.45, 2.75) is 0 Å². The molecule has 296 valence electrons. The summed E-state index contributed by atoms with van der Waals surface area (Å²) >= 11 is 0. The molecule has 0 N–H and O–H groups in total. The lowest BCUT2D eigenvalue weighted by atomic mass is 10.0. The standard InChI is InChI=1S/C60H42N2Si/c1-6-22-43(23-7-1)45-26-20-27-46(42-45)61-54-37-18-16-34-51(54)52-36-21-39-56(59(52)61)62-55-38-19-17-35-53(55)58-57(41-40-50(60(58)62)44-24-8-2-9-25-44)63(47-28-10-3-11-29-47,48-30-12-4-13-31-48)49-32-14-5-15-33-49/h1-42H. The third-order valence-corrected chi connectivity index (χ3v) is 17.9. The molecule has 0 amide bonds. The van der Waals surface area contributed by atoms with E-state index >= 15 is 0 Å². The van der Waals surface area contributed by atoms with Gasteiger partial charge in [-0.2, -0.15) is 0 Å². The molecule has 3 heteroatoms. The summed E-state index contributed by atoms with van der Waals surface area (Å²) in [5.74, 6) is 0. The van der Waals surface area contributed by atoms with E-state index in [9.17, 15) is 0 Å². The summed E-state index contributed by atoms with van der Waals surface area (Å²) < 4.78 is 5.09. The minimum Gasteiger partial charge on any atom is -0.307 e. The van der Waals surface area contributed by atoms with Crippen LogP contribution in [0.15, 0.2) is 255 Å². The van der Waals surface area contributed by atoms with Crippen LogP contribution in [0.4, 0.5) is 0 Å². The van der Waals surface area contributed by atoms with Crippen molar-refractivity contribution in [1.29, 1.82) is 0 Å². The second-order valence-electron chi connectivity index (χ2n) is 16.4. The monoisotopic (exact) mass is 818 g/mol. The maximum atomic E-state index is 2.59. The van der Waals surface area contributed by atoms with Crippen LogP contribution < -0.4 is 20.7 Å². The maximum Gasteiger partial charge on any atom is 0.180 e. The van der Waals surface area contributed by atoms with Gasteiger partial charge in [-0.3, -0.25) is 0 Å². The van der Waals surface area contributed by atoms with Crippen LogP contribution in [0.1, 0.15) is 0 Å². The molecule has 12 aromatic rings. The first-order valence-electron chi connectivity index (χ1n) is 21.8. The fourth-order valence-electron chi connectivity index (χ4n) is 10.4. The third kappa shape index (κ3) is 5.78. The van der Waals surface area contributed by atoms with E-state index < -0.39 is 8.07 Å². The van der Waals surface area contributed by atoms with E-state index in [0.717, 1.165) is 11.4 Å². The summed E-state index contributed by atoms with van der Waals surface area (Å²) in [5, 5.41) is 10.4. The number of hydrogen-bond donors (Lipinski definition) is 0. The molecular formula is C60H42N2Si. The van der Waals surface area contributed by atoms with Gasteiger partial charge in [0.15, 0.2) is 8.07 Å². The molecule has 63 heavy (non-hydrogen) atoms. The zero-order valence-corrected chi connectivity index (χ0v) is 35.6. The SMILES string of the molecule is c1ccc(-c2cccc(-n3c4ccccc4c4cccc(-n5c6ccccc6c6c([Si](c7ccccc7)(c7ccccc7)c7ccccc7)ccc(-c7ccccc7)c65)c43)c2)cc1. The summed E-state index contributed by atoms with van der Waals surface area (Å²) in [6.07, 6.45) is 0. The van der Waals surface area contributed by atoms with Gasteiger partial charge in [0, 0.05) is 32.8 Å². The molecule has 0 saturated carbocycles. The smallest absolute Gasteiger partial charge is 0.180 e. The first-order chi connectivity index (χ1) is 31.3. The second kappa shape index (κ2) is 15.2. The molecule has 0 saturated heterocycles. The highest BCUT2D eigenvalue weighted by molar-refractivity contribution is 7.20. The van der Waals surface area contributed by atoms with Crippen LogP contribution in [0, 0.1) is 0 Å². The number of para-hydroxylation sites is 3. The highest BCUT2D eigenvalue weighted by Crippen LogP contribution is 2.42. The Morgan fingerprint density at radius 2 is 0.778 bits per heavy atom. The zero-order chi connectivity index (χ0) is 41.7. The Kier molecular flexibility index (Phi) is 8.87. The van der Waals surface area contributed by atoms with Gasteiger partial charge in [-0.05, 0) is 67.8 Å². The topological polar surface area (TPSA) is 9.86 Å². The van der Waals surface area contributed by atoms with Crippen molar-refractivity contribution in [2.24, 2.45) is 0 Å². The van der Waals surface area contributed by atoms with Gasteiger partial charge >= 0.3 is 0 Å². The summed E-state index contributed by atoms with van der Waals surface area (Å²) in [6, 6.07) is 94.4. The maximum absolute atomic E-state index is 2.99. The molecule has 0 fully saturated rings. The number of hydrogen-bond acceptors (Lipinski definition) is 0. The third-order valence-electron chi connectivity index (χ3n) is 13.1. The highest BCUT2D eigenvalue weighted by Gasteiger charge is 2.43. The largest absolute Gasteiger partial charge is 0.307 e. The molecule has 12 rings (SSSR count). The molecule has 2 nitrogen and oxygen atoms in total. The number of aromatic nitrogens is 2.